The minimum Gasteiger partial charge on any atom is -0.384 e. The van der Waals surface area contributed by atoms with E-state index in [0.29, 0.717) is 0 Å². The summed E-state index contributed by atoms with van der Waals surface area (Å²) in [5, 5.41) is 10.9. The fourth-order valence-electron chi connectivity index (χ4n) is 3.04. The lowest BCUT2D eigenvalue weighted by Gasteiger charge is -2.23. The van der Waals surface area contributed by atoms with Crippen LogP contribution in [0.25, 0.3) is 0 Å². The van der Waals surface area contributed by atoms with Crippen molar-refractivity contribution in [3.05, 3.63) is 67.2 Å². The van der Waals surface area contributed by atoms with E-state index in [9.17, 15) is 5.11 Å². The number of hydrogen-bond donors (Lipinski definition) is 1. The maximum Gasteiger partial charge on any atom is 0.105 e. The second-order valence-corrected chi connectivity index (χ2v) is 6.86. The summed E-state index contributed by atoms with van der Waals surface area (Å²) in [5.74, 6) is 0. The molecule has 0 saturated carbocycles. The summed E-state index contributed by atoms with van der Waals surface area (Å²) >= 11 is 3.48. The van der Waals surface area contributed by atoms with E-state index in [4.69, 9.17) is 0 Å². The average Bonchev–Trinajstić information content (AvgIpc) is 2.43. The number of hydrogen-bond acceptors (Lipinski definition) is 1. The Morgan fingerprint density at radius 3 is 1.76 bits per heavy atom. The van der Waals surface area contributed by atoms with Crippen LogP contribution in [0.3, 0.4) is 0 Å². The Morgan fingerprint density at radius 2 is 1.29 bits per heavy atom. The summed E-state index contributed by atoms with van der Waals surface area (Å²) in [4.78, 5) is 0. The molecule has 0 aromatic heterocycles. The lowest BCUT2D eigenvalue weighted by Crippen LogP contribution is -2.10. The van der Waals surface area contributed by atoms with Crippen molar-refractivity contribution >= 4 is 15.9 Å². The summed E-state index contributed by atoms with van der Waals surface area (Å²) in [6, 6.07) is 6.05. The molecule has 21 heavy (non-hydrogen) atoms. The normalized spacial score (nSPS) is 12.6. The number of halogens is 1. The average molecular weight is 347 g/mol. The Labute approximate surface area is 136 Å². The Kier molecular flexibility index (Phi) is 4.60. The maximum absolute atomic E-state index is 10.9. The summed E-state index contributed by atoms with van der Waals surface area (Å²) < 4.78 is 1.04. The molecule has 112 valence electrons. The highest BCUT2D eigenvalue weighted by atomic mass is 79.9. The first-order valence-electron chi connectivity index (χ1n) is 7.26. The van der Waals surface area contributed by atoms with Gasteiger partial charge in [-0.25, -0.2) is 0 Å². The van der Waals surface area contributed by atoms with Crippen molar-refractivity contribution in [1.29, 1.82) is 0 Å². The molecule has 1 atom stereocenters. The summed E-state index contributed by atoms with van der Waals surface area (Å²) in [6.07, 6.45) is -0.573. The first-order valence-corrected chi connectivity index (χ1v) is 8.06. The number of aliphatic hydroxyl groups excluding tert-OH is 1. The van der Waals surface area contributed by atoms with Crippen molar-refractivity contribution in [2.75, 3.05) is 0 Å². The van der Waals surface area contributed by atoms with Gasteiger partial charge in [-0.2, -0.15) is 0 Å². The van der Waals surface area contributed by atoms with Crippen LogP contribution in [0.2, 0.25) is 0 Å². The minimum atomic E-state index is -0.573. The van der Waals surface area contributed by atoms with Crippen molar-refractivity contribution in [3.63, 3.8) is 0 Å². The molecule has 0 heterocycles. The molecule has 1 nitrogen and oxygen atoms in total. The standard InChI is InChI=1S/C19H23BrO/c1-10-9-16(20)7-8-17(10)19(21)18-14(5)12(3)11(2)13(4)15(18)6/h7-9,19,21H,1-6H3. The van der Waals surface area contributed by atoms with E-state index in [1.807, 2.05) is 19.1 Å². The van der Waals surface area contributed by atoms with Gasteiger partial charge in [0.05, 0.1) is 0 Å². The fraction of sp³-hybridized carbons (Fsp3) is 0.368. The van der Waals surface area contributed by atoms with E-state index in [2.05, 4.69) is 56.6 Å². The highest BCUT2D eigenvalue weighted by Gasteiger charge is 2.21. The van der Waals surface area contributed by atoms with E-state index in [1.54, 1.807) is 0 Å². The van der Waals surface area contributed by atoms with E-state index < -0.39 is 6.10 Å². The molecule has 0 radical (unpaired) electrons. The molecular weight excluding hydrogens is 324 g/mol. The molecule has 0 fully saturated rings. The molecule has 2 heteroatoms. The predicted octanol–water partition coefficient (Wildman–Crippen LogP) is 5.38. The zero-order valence-electron chi connectivity index (χ0n) is 13.6. The molecule has 0 saturated heterocycles. The molecule has 0 spiro atoms. The van der Waals surface area contributed by atoms with Crippen LogP contribution in [-0.4, -0.2) is 5.11 Å². The smallest absolute Gasteiger partial charge is 0.105 e. The van der Waals surface area contributed by atoms with Crippen LogP contribution in [0.4, 0.5) is 0 Å². The third kappa shape index (κ3) is 2.79. The lowest BCUT2D eigenvalue weighted by molar-refractivity contribution is 0.218. The number of benzene rings is 2. The van der Waals surface area contributed by atoms with Gasteiger partial charge in [-0.15, -0.1) is 0 Å². The van der Waals surface area contributed by atoms with E-state index in [-0.39, 0.29) is 0 Å². The monoisotopic (exact) mass is 346 g/mol. The van der Waals surface area contributed by atoms with E-state index in [1.165, 1.54) is 27.8 Å². The van der Waals surface area contributed by atoms with Crippen molar-refractivity contribution < 1.29 is 5.11 Å². The van der Waals surface area contributed by atoms with Crippen molar-refractivity contribution in [2.45, 2.75) is 47.6 Å². The van der Waals surface area contributed by atoms with Crippen LogP contribution in [0.5, 0.6) is 0 Å². The van der Waals surface area contributed by atoms with E-state index >= 15 is 0 Å². The van der Waals surface area contributed by atoms with Crippen molar-refractivity contribution in [1.82, 2.24) is 0 Å². The van der Waals surface area contributed by atoms with Gasteiger partial charge < -0.3 is 5.11 Å². The van der Waals surface area contributed by atoms with Crippen LogP contribution < -0.4 is 0 Å². The van der Waals surface area contributed by atoms with Gasteiger partial charge >= 0.3 is 0 Å². The Hall–Kier alpha value is -1.12. The van der Waals surface area contributed by atoms with Crippen molar-refractivity contribution in [3.8, 4) is 0 Å². The first-order chi connectivity index (χ1) is 9.75. The third-order valence-electron chi connectivity index (χ3n) is 4.86. The Balaban J connectivity index is 2.66. The number of aryl methyl sites for hydroxylation is 1. The fourth-order valence-corrected chi connectivity index (χ4v) is 3.52. The molecule has 0 aliphatic heterocycles. The quantitative estimate of drug-likeness (QED) is 0.773. The molecule has 1 N–H and O–H groups in total. The highest BCUT2D eigenvalue weighted by molar-refractivity contribution is 9.10. The second-order valence-electron chi connectivity index (χ2n) is 5.94. The SMILES string of the molecule is Cc1cc(Br)ccc1C(O)c1c(C)c(C)c(C)c(C)c1C. The zero-order valence-corrected chi connectivity index (χ0v) is 15.2. The summed E-state index contributed by atoms with van der Waals surface area (Å²) in [6.45, 7) is 12.7. The van der Waals surface area contributed by atoms with Gasteiger partial charge in [-0.05, 0) is 98.2 Å². The molecule has 0 bridgehead atoms. The highest BCUT2D eigenvalue weighted by Crippen LogP contribution is 2.35. The van der Waals surface area contributed by atoms with Gasteiger partial charge in [-0.3, -0.25) is 0 Å². The van der Waals surface area contributed by atoms with Crippen LogP contribution in [0.15, 0.2) is 22.7 Å². The predicted molar refractivity (Wildman–Crippen MR) is 93.1 cm³/mol. The Bertz CT molecular complexity index is 672. The molecule has 1 unspecified atom stereocenters. The summed E-state index contributed by atoms with van der Waals surface area (Å²) in [7, 11) is 0. The van der Waals surface area contributed by atoms with Gasteiger partial charge in [0.15, 0.2) is 0 Å². The van der Waals surface area contributed by atoms with Gasteiger partial charge in [0.2, 0.25) is 0 Å². The molecule has 2 rings (SSSR count). The molecule has 0 amide bonds. The first kappa shape index (κ1) is 16.3. The Morgan fingerprint density at radius 1 is 0.810 bits per heavy atom. The minimum absolute atomic E-state index is 0.573. The maximum atomic E-state index is 10.9. The molecule has 2 aromatic carbocycles. The largest absolute Gasteiger partial charge is 0.384 e. The van der Waals surface area contributed by atoms with Gasteiger partial charge in [0, 0.05) is 4.47 Å². The van der Waals surface area contributed by atoms with Crippen LogP contribution in [0.1, 0.15) is 50.6 Å². The lowest BCUT2D eigenvalue weighted by atomic mass is 9.84. The van der Waals surface area contributed by atoms with Gasteiger partial charge in [0.1, 0.15) is 6.10 Å². The van der Waals surface area contributed by atoms with Crippen LogP contribution in [-0.2, 0) is 0 Å². The van der Waals surface area contributed by atoms with Crippen molar-refractivity contribution in [2.24, 2.45) is 0 Å². The zero-order chi connectivity index (χ0) is 15.9. The number of rotatable bonds is 2. The number of aliphatic hydroxyl groups is 1. The van der Waals surface area contributed by atoms with Gasteiger partial charge in [-0.1, -0.05) is 22.0 Å². The van der Waals surface area contributed by atoms with E-state index in [0.717, 1.165) is 21.2 Å². The molecular formula is C19H23BrO. The van der Waals surface area contributed by atoms with Crippen LogP contribution in [0, 0.1) is 41.5 Å². The molecule has 0 aliphatic carbocycles. The second kappa shape index (κ2) is 5.94. The summed E-state index contributed by atoms with van der Waals surface area (Å²) in [5.41, 5.74) is 9.42. The topological polar surface area (TPSA) is 20.2 Å². The van der Waals surface area contributed by atoms with Crippen LogP contribution >= 0.6 is 15.9 Å². The molecule has 2 aromatic rings. The third-order valence-corrected chi connectivity index (χ3v) is 5.35. The molecule has 0 aliphatic rings. The van der Waals surface area contributed by atoms with Gasteiger partial charge in [0.25, 0.3) is 0 Å².